The molecule has 8 aromatic rings. The van der Waals surface area contributed by atoms with Gasteiger partial charge in [0.1, 0.15) is 22.1 Å². The Morgan fingerprint density at radius 3 is 1.24 bits per heavy atom. The third-order valence-corrected chi connectivity index (χ3v) is 17.3. The van der Waals surface area contributed by atoms with E-state index in [4.69, 9.17) is 21.4 Å². The Hall–Kier alpha value is -7.34. The third kappa shape index (κ3) is 10.1. The topological polar surface area (TPSA) is 168 Å². The molecule has 2 heterocycles. The molecule has 4 bridgehead atoms. The molecule has 0 aliphatic heterocycles. The van der Waals surface area contributed by atoms with Crippen molar-refractivity contribution in [2.45, 2.75) is 118 Å². The van der Waals surface area contributed by atoms with E-state index in [1.165, 1.54) is 0 Å². The molecule has 0 radical (unpaired) electrons. The van der Waals surface area contributed by atoms with Gasteiger partial charge in [0.15, 0.2) is 0 Å². The van der Waals surface area contributed by atoms with Crippen molar-refractivity contribution in [2.75, 3.05) is 48.3 Å². The Morgan fingerprint density at radius 1 is 0.487 bits per heavy atom. The summed E-state index contributed by atoms with van der Waals surface area (Å²) in [7, 11) is 0. The number of rotatable bonds is 20. The number of carbonyl (C=O) groups excluding carboxylic acids is 2. The van der Waals surface area contributed by atoms with Crippen molar-refractivity contribution < 1.29 is 18.7 Å². The van der Waals surface area contributed by atoms with Crippen molar-refractivity contribution >= 4 is 78.7 Å². The number of hydrogen-bond acceptors (Lipinski definition) is 8. The average Bonchev–Trinajstić information content (AvgIpc) is 3.43. The van der Waals surface area contributed by atoms with E-state index in [1.54, 1.807) is 0 Å². The van der Waals surface area contributed by atoms with Crippen LogP contribution < -0.4 is 41.9 Å². The number of aromatic nitrogens is 4. The molecule has 4 fully saturated rings. The molecular formula is C64H76N10O2+2. The van der Waals surface area contributed by atoms with Crippen LogP contribution in [0.5, 0.6) is 0 Å². The number of fused-ring (bicyclic) bond motifs is 4. The molecule has 0 saturated heterocycles. The van der Waals surface area contributed by atoms with Crippen molar-refractivity contribution in [3.8, 4) is 11.4 Å². The molecule has 0 unspecified atom stereocenters. The number of para-hydroxylation sites is 2. The molecule has 12 nitrogen and oxygen atoms in total. The van der Waals surface area contributed by atoms with Gasteiger partial charge in [0, 0.05) is 97.5 Å². The van der Waals surface area contributed by atoms with Crippen LogP contribution in [0.3, 0.4) is 0 Å². The van der Waals surface area contributed by atoms with Crippen LogP contribution in [0.15, 0.2) is 109 Å². The number of benzene rings is 6. The summed E-state index contributed by atoms with van der Waals surface area (Å²) >= 11 is 0. The molecule has 0 atom stereocenters. The zero-order chi connectivity index (χ0) is 52.6. The van der Waals surface area contributed by atoms with Gasteiger partial charge in [0.05, 0.1) is 10.8 Å². The molecule has 4 aliphatic rings. The van der Waals surface area contributed by atoms with E-state index in [0.29, 0.717) is 31.3 Å². The smallest absolute Gasteiger partial charge is 0.239 e. The highest BCUT2D eigenvalue weighted by atomic mass is 16.2. The molecule has 4 saturated carbocycles. The highest BCUT2D eigenvalue weighted by Crippen LogP contribution is 2.65. The van der Waals surface area contributed by atoms with Crippen molar-refractivity contribution in [1.82, 2.24) is 20.6 Å². The zero-order valence-corrected chi connectivity index (χ0v) is 45.0. The first-order valence-corrected chi connectivity index (χ1v) is 28.1. The van der Waals surface area contributed by atoms with Gasteiger partial charge in [0.25, 0.3) is 0 Å². The molecule has 6 aromatic carbocycles. The highest BCUT2D eigenvalue weighted by molar-refractivity contribution is 5.90. The number of nitrogens with two attached hydrogens (primary N) is 2. The fourth-order valence-corrected chi connectivity index (χ4v) is 13.7. The van der Waals surface area contributed by atoms with Crippen LogP contribution in [-0.4, -0.2) is 48.0 Å². The number of anilines is 4. The van der Waals surface area contributed by atoms with Crippen LogP contribution >= 0.6 is 0 Å². The molecule has 2 aromatic heterocycles. The van der Waals surface area contributed by atoms with Crippen LogP contribution in [0.25, 0.3) is 55.5 Å². The third-order valence-electron chi connectivity index (χ3n) is 17.3. The minimum Gasteiger partial charge on any atom is -0.398 e. The van der Waals surface area contributed by atoms with E-state index in [0.717, 1.165) is 197 Å². The van der Waals surface area contributed by atoms with E-state index < -0.39 is 10.8 Å². The summed E-state index contributed by atoms with van der Waals surface area (Å²) in [4.78, 5) is 38.4. The van der Waals surface area contributed by atoms with E-state index in [-0.39, 0.29) is 11.8 Å². The van der Waals surface area contributed by atoms with Gasteiger partial charge in [-0.1, -0.05) is 62.1 Å². The number of unbranched alkanes of at least 4 members (excludes halogenated alkanes) is 6. The maximum absolute atomic E-state index is 14.1. The highest BCUT2D eigenvalue weighted by Gasteiger charge is 2.63. The van der Waals surface area contributed by atoms with Crippen LogP contribution in [0, 0.1) is 50.4 Å². The molecule has 12 rings (SSSR count). The normalized spacial score (nSPS) is 19.7. The van der Waals surface area contributed by atoms with Gasteiger partial charge in [-0.3, -0.25) is 9.59 Å². The fraction of sp³-hybridized carbons (Fsp3) is 0.406. The maximum atomic E-state index is 14.1. The summed E-state index contributed by atoms with van der Waals surface area (Å²) in [6.45, 7) is 11.4. The SMILES string of the molecule is Cc1cc2nc3cc(C)c(NCCCCCCNC(=O)C45CC6CC(C4)CC(C(=O)NCCCCCCNc4cc7c(cc4C)nc4cc(C)c(N)cc4[n+]7-c4ccccc4)(C6)C5)cc3[n+](-c3ccccc3)c2cc1N. The first kappa shape index (κ1) is 50.8. The lowest BCUT2D eigenvalue weighted by Gasteiger charge is -2.60. The number of nitrogen functional groups attached to an aromatic ring is 2. The van der Waals surface area contributed by atoms with Crippen LogP contribution in [0.4, 0.5) is 22.7 Å². The van der Waals surface area contributed by atoms with E-state index in [2.05, 4.69) is 129 Å². The molecule has 76 heavy (non-hydrogen) atoms. The van der Waals surface area contributed by atoms with Crippen LogP contribution in [0.2, 0.25) is 0 Å². The summed E-state index contributed by atoms with van der Waals surface area (Å²) in [6, 6.07) is 37.9. The Balaban J connectivity index is 0.621. The van der Waals surface area contributed by atoms with Gasteiger partial charge in [-0.05, 0) is 150 Å². The van der Waals surface area contributed by atoms with Crippen molar-refractivity contribution in [3.05, 3.63) is 131 Å². The lowest BCUT2D eigenvalue weighted by Crippen LogP contribution is -2.61. The first-order chi connectivity index (χ1) is 36.9. The predicted molar refractivity (Wildman–Crippen MR) is 309 cm³/mol. The molecular weight excluding hydrogens is 941 g/mol. The Morgan fingerprint density at radius 2 is 0.842 bits per heavy atom. The summed E-state index contributed by atoms with van der Waals surface area (Å²) in [5.74, 6) is 1.29. The quantitative estimate of drug-likeness (QED) is 0.0190. The average molecular weight is 1020 g/mol. The van der Waals surface area contributed by atoms with E-state index in [1.807, 2.05) is 38.1 Å². The lowest BCUT2D eigenvalue weighted by molar-refractivity contribution is -0.538. The van der Waals surface area contributed by atoms with E-state index >= 15 is 0 Å². The fourth-order valence-electron chi connectivity index (χ4n) is 13.7. The molecule has 4 aliphatic carbocycles. The standard InChI is InChI=1S/C64H74N10O2/c1-41-27-53-57(32-49(41)65)73(47-19-11-9-12-20-47)59-34-51(43(3)29-55(59)71-53)67-23-15-5-7-17-25-69-61(75)63-36-45-31-46(37-63)39-64(38-45,40-63)62(76)70-26-18-8-6-16-24-68-52-35-60-56(30-44(52)4)72-54-28-42(2)50(66)33-58(54)74(60)48-21-13-10-14-22-48/h9-14,19-22,27-30,32-35,45-46H,5-8,15-18,23-26,31,36-40H2,1-4H3,(H6,65,66,67,68,69,70,75,76)/p+2. The molecule has 0 spiro atoms. The molecule has 12 heteroatoms. The predicted octanol–water partition coefficient (Wildman–Crippen LogP) is 11.5. The molecule has 2 amide bonds. The number of amides is 2. The van der Waals surface area contributed by atoms with Gasteiger partial charge in [-0.15, -0.1) is 9.13 Å². The van der Waals surface area contributed by atoms with Crippen molar-refractivity contribution in [1.29, 1.82) is 0 Å². The minimum atomic E-state index is -0.412. The Labute approximate surface area is 447 Å². The monoisotopic (exact) mass is 1020 g/mol. The van der Waals surface area contributed by atoms with Crippen molar-refractivity contribution in [2.24, 2.45) is 22.7 Å². The largest absolute Gasteiger partial charge is 0.398 e. The van der Waals surface area contributed by atoms with Gasteiger partial charge in [-0.25, -0.2) is 9.97 Å². The number of carbonyl (C=O) groups is 2. The summed E-state index contributed by atoms with van der Waals surface area (Å²) in [6.07, 6.45) is 13.8. The number of nitrogens with zero attached hydrogens (tertiary/aromatic N) is 4. The van der Waals surface area contributed by atoms with Gasteiger partial charge in [-0.2, -0.15) is 0 Å². The van der Waals surface area contributed by atoms with Crippen LogP contribution in [-0.2, 0) is 9.59 Å². The first-order valence-electron chi connectivity index (χ1n) is 28.1. The number of aryl methyl sites for hydroxylation is 4. The van der Waals surface area contributed by atoms with Gasteiger partial charge < -0.3 is 32.7 Å². The summed E-state index contributed by atoms with van der Waals surface area (Å²) < 4.78 is 4.53. The lowest BCUT2D eigenvalue weighted by atomic mass is 9.43. The Kier molecular flexibility index (Phi) is 14.3. The van der Waals surface area contributed by atoms with Crippen molar-refractivity contribution in [3.63, 3.8) is 0 Å². The Bertz CT molecular complexity index is 3250. The molecule has 8 N–H and O–H groups in total. The molecule has 392 valence electrons. The number of nitrogens with one attached hydrogen (secondary N) is 4. The second kappa shape index (κ2) is 21.4. The maximum Gasteiger partial charge on any atom is 0.239 e. The summed E-state index contributed by atoms with van der Waals surface area (Å²) in [5.41, 5.74) is 30.0. The minimum absolute atomic E-state index is 0.188. The van der Waals surface area contributed by atoms with Gasteiger partial charge >= 0.3 is 0 Å². The second-order valence-electron chi connectivity index (χ2n) is 23.0. The number of hydrogen-bond donors (Lipinski definition) is 6. The van der Waals surface area contributed by atoms with Gasteiger partial charge in [0.2, 0.25) is 45.3 Å². The summed E-state index contributed by atoms with van der Waals surface area (Å²) in [5, 5.41) is 14.2. The van der Waals surface area contributed by atoms with E-state index in [9.17, 15) is 9.59 Å². The van der Waals surface area contributed by atoms with Crippen LogP contribution in [0.1, 0.15) is 112 Å². The second-order valence-corrected chi connectivity index (χ2v) is 23.0. The zero-order valence-electron chi connectivity index (χ0n) is 45.0.